The average Bonchev–Trinajstić information content (AvgIpc) is 2.37. The highest BCUT2D eigenvalue weighted by Crippen LogP contribution is 2.35. The van der Waals surface area contributed by atoms with Crippen LogP contribution >= 0.6 is 0 Å². The van der Waals surface area contributed by atoms with Crippen LogP contribution < -0.4 is 0 Å². The molecule has 18 heavy (non-hydrogen) atoms. The zero-order valence-electron chi connectivity index (χ0n) is 12.0. The number of aromatic nitrogens is 1. The summed E-state index contributed by atoms with van der Waals surface area (Å²) in [5, 5.41) is 0. The molecule has 1 atom stereocenters. The highest BCUT2D eigenvalue weighted by atomic mass is 19.1. The van der Waals surface area contributed by atoms with Crippen molar-refractivity contribution in [1.82, 2.24) is 4.98 Å². The van der Waals surface area contributed by atoms with Gasteiger partial charge < -0.3 is 0 Å². The lowest BCUT2D eigenvalue weighted by Crippen LogP contribution is -2.24. The maximum absolute atomic E-state index is 13.9. The Labute approximate surface area is 111 Å². The van der Waals surface area contributed by atoms with E-state index < -0.39 is 0 Å². The van der Waals surface area contributed by atoms with Crippen LogP contribution in [0.2, 0.25) is 0 Å². The number of halogens is 1. The summed E-state index contributed by atoms with van der Waals surface area (Å²) in [4.78, 5) is 3.81. The summed E-state index contributed by atoms with van der Waals surface area (Å²) in [5.41, 5.74) is 0.748. The molecule has 0 aliphatic carbocycles. The lowest BCUT2D eigenvalue weighted by Gasteiger charge is -2.30. The predicted octanol–water partition coefficient (Wildman–Crippen LogP) is 5.25. The van der Waals surface area contributed by atoms with E-state index in [1.807, 2.05) is 12.1 Å². The first kappa shape index (κ1) is 15.1. The number of nitrogens with zero attached hydrogens (tertiary/aromatic N) is 1. The molecule has 0 aliphatic heterocycles. The first-order valence-corrected chi connectivity index (χ1v) is 7.25. The Morgan fingerprint density at radius 1 is 1.11 bits per heavy atom. The second-order valence-electron chi connectivity index (χ2n) is 5.46. The second-order valence-corrected chi connectivity index (χ2v) is 5.46. The Balaban J connectivity index is 2.85. The third kappa shape index (κ3) is 4.08. The van der Waals surface area contributed by atoms with Gasteiger partial charge in [-0.25, -0.2) is 4.98 Å². The van der Waals surface area contributed by atoms with Crippen LogP contribution in [0.3, 0.4) is 0 Å². The van der Waals surface area contributed by atoms with Gasteiger partial charge in [-0.3, -0.25) is 0 Å². The molecule has 0 saturated carbocycles. The zero-order chi connectivity index (χ0) is 13.4. The second kappa shape index (κ2) is 7.50. The SMILES string of the molecule is CCCCCC(C)(CCCC)c1cccnc1F. The molecule has 0 aromatic carbocycles. The number of hydrogen-bond donors (Lipinski definition) is 0. The topological polar surface area (TPSA) is 12.9 Å². The van der Waals surface area contributed by atoms with Crippen LogP contribution in [0.1, 0.15) is 71.3 Å². The monoisotopic (exact) mass is 251 g/mol. The molecule has 0 fully saturated rings. The van der Waals surface area contributed by atoms with Crippen molar-refractivity contribution in [2.24, 2.45) is 0 Å². The molecule has 1 unspecified atom stereocenters. The average molecular weight is 251 g/mol. The Morgan fingerprint density at radius 2 is 1.78 bits per heavy atom. The van der Waals surface area contributed by atoms with Crippen molar-refractivity contribution in [2.45, 2.75) is 71.1 Å². The van der Waals surface area contributed by atoms with Gasteiger partial charge in [0.2, 0.25) is 5.95 Å². The van der Waals surface area contributed by atoms with Crippen LogP contribution in [-0.4, -0.2) is 4.98 Å². The van der Waals surface area contributed by atoms with E-state index in [0.717, 1.165) is 31.2 Å². The van der Waals surface area contributed by atoms with Gasteiger partial charge in [0.25, 0.3) is 0 Å². The lowest BCUT2D eigenvalue weighted by molar-refractivity contribution is 0.352. The molecule has 1 rings (SSSR count). The third-order valence-electron chi connectivity index (χ3n) is 3.82. The molecule has 1 aromatic rings. The van der Waals surface area contributed by atoms with Gasteiger partial charge in [-0.1, -0.05) is 58.9 Å². The van der Waals surface area contributed by atoms with Crippen molar-refractivity contribution in [3.63, 3.8) is 0 Å². The van der Waals surface area contributed by atoms with Crippen molar-refractivity contribution in [3.8, 4) is 0 Å². The molecule has 0 spiro atoms. The van der Waals surface area contributed by atoms with Crippen LogP contribution in [-0.2, 0) is 5.41 Å². The Bertz CT molecular complexity index is 351. The van der Waals surface area contributed by atoms with E-state index in [1.54, 1.807) is 0 Å². The zero-order valence-corrected chi connectivity index (χ0v) is 12.0. The maximum Gasteiger partial charge on any atom is 0.216 e. The normalized spacial score (nSPS) is 14.4. The molecular weight excluding hydrogens is 225 g/mol. The van der Waals surface area contributed by atoms with E-state index in [1.165, 1.54) is 25.5 Å². The summed E-state index contributed by atoms with van der Waals surface area (Å²) >= 11 is 0. The summed E-state index contributed by atoms with van der Waals surface area (Å²) < 4.78 is 13.9. The molecule has 1 heterocycles. The van der Waals surface area contributed by atoms with Gasteiger partial charge in [-0.15, -0.1) is 0 Å². The molecule has 1 aromatic heterocycles. The van der Waals surface area contributed by atoms with Crippen LogP contribution in [0.4, 0.5) is 4.39 Å². The van der Waals surface area contributed by atoms with Gasteiger partial charge in [0, 0.05) is 11.8 Å². The number of hydrogen-bond acceptors (Lipinski definition) is 1. The first-order chi connectivity index (χ1) is 8.64. The fraction of sp³-hybridized carbons (Fsp3) is 0.688. The van der Waals surface area contributed by atoms with Crippen LogP contribution in [0.25, 0.3) is 0 Å². The highest BCUT2D eigenvalue weighted by molar-refractivity contribution is 5.22. The van der Waals surface area contributed by atoms with E-state index >= 15 is 0 Å². The number of rotatable bonds is 8. The van der Waals surface area contributed by atoms with Crippen molar-refractivity contribution >= 4 is 0 Å². The summed E-state index contributed by atoms with van der Waals surface area (Å²) in [6.07, 6.45) is 9.56. The smallest absolute Gasteiger partial charge is 0.216 e. The minimum Gasteiger partial charge on any atom is -0.228 e. The largest absolute Gasteiger partial charge is 0.228 e. The summed E-state index contributed by atoms with van der Waals surface area (Å²) in [7, 11) is 0. The molecule has 0 saturated heterocycles. The molecule has 1 nitrogen and oxygen atoms in total. The van der Waals surface area contributed by atoms with E-state index in [4.69, 9.17) is 0 Å². The van der Waals surface area contributed by atoms with Gasteiger partial charge in [0.1, 0.15) is 0 Å². The number of unbranched alkanes of at least 4 members (excludes halogenated alkanes) is 3. The molecule has 2 heteroatoms. The molecular formula is C16H26FN. The summed E-state index contributed by atoms with van der Waals surface area (Å²) in [6, 6.07) is 3.76. The van der Waals surface area contributed by atoms with E-state index in [2.05, 4.69) is 25.8 Å². The molecule has 0 aliphatic rings. The van der Waals surface area contributed by atoms with Crippen LogP contribution in [0, 0.1) is 5.95 Å². The van der Waals surface area contributed by atoms with Gasteiger partial charge in [0.05, 0.1) is 0 Å². The van der Waals surface area contributed by atoms with Crippen molar-refractivity contribution in [1.29, 1.82) is 0 Å². The van der Waals surface area contributed by atoms with E-state index in [-0.39, 0.29) is 11.4 Å². The molecule has 102 valence electrons. The first-order valence-electron chi connectivity index (χ1n) is 7.25. The fourth-order valence-corrected chi connectivity index (χ4v) is 2.56. The quantitative estimate of drug-likeness (QED) is 0.454. The van der Waals surface area contributed by atoms with Gasteiger partial charge >= 0.3 is 0 Å². The third-order valence-corrected chi connectivity index (χ3v) is 3.82. The van der Waals surface area contributed by atoms with E-state index in [9.17, 15) is 4.39 Å². The van der Waals surface area contributed by atoms with Gasteiger partial charge in [0.15, 0.2) is 0 Å². The van der Waals surface area contributed by atoms with Gasteiger partial charge in [-0.2, -0.15) is 4.39 Å². The Morgan fingerprint density at radius 3 is 2.39 bits per heavy atom. The minimum atomic E-state index is -0.285. The molecule has 0 bridgehead atoms. The van der Waals surface area contributed by atoms with Crippen LogP contribution in [0.15, 0.2) is 18.3 Å². The molecule has 0 radical (unpaired) electrons. The fourth-order valence-electron chi connectivity index (χ4n) is 2.56. The van der Waals surface area contributed by atoms with Crippen molar-refractivity contribution < 1.29 is 4.39 Å². The standard InChI is InChI=1S/C16H26FN/c1-4-6-8-12-16(3,11-7-5-2)14-10-9-13-18-15(14)17/h9-10,13H,4-8,11-12H2,1-3H3. The summed E-state index contributed by atoms with van der Waals surface area (Å²) in [6.45, 7) is 6.58. The minimum absolute atomic E-state index is 0.0521. The molecule has 0 amide bonds. The Hall–Kier alpha value is -0.920. The van der Waals surface area contributed by atoms with Gasteiger partial charge in [-0.05, 0) is 24.3 Å². The summed E-state index contributed by atoms with van der Waals surface area (Å²) in [5.74, 6) is -0.285. The predicted molar refractivity (Wildman–Crippen MR) is 75.2 cm³/mol. The number of pyridine rings is 1. The van der Waals surface area contributed by atoms with Crippen molar-refractivity contribution in [3.05, 3.63) is 29.8 Å². The molecule has 0 N–H and O–H groups in total. The highest BCUT2D eigenvalue weighted by Gasteiger charge is 2.28. The maximum atomic E-state index is 13.9. The van der Waals surface area contributed by atoms with Crippen LogP contribution in [0.5, 0.6) is 0 Å². The Kier molecular flexibility index (Phi) is 6.31. The lowest BCUT2D eigenvalue weighted by atomic mass is 9.75. The van der Waals surface area contributed by atoms with Crippen molar-refractivity contribution in [2.75, 3.05) is 0 Å². The van der Waals surface area contributed by atoms with E-state index in [0.29, 0.717) is 0 Å².